The normalized spacial score (nSPS) is 14.4. The predicted molar refractivity (Wildman–Crippen MR) is 202 cm³/mol. The lowest BCUT2D eigenvalue weighted by Gasteiger charge is -2.29. The van der Waals surface area contributed by atoms with E-state index in [1.807, 2.05) is 84.9 Å². The summed E-state index contributed by atoms with van der Waals surface area (Å²) in [6.07, 6.45) is 0.404. The Morgan fingerprint density at radius 2 is 1.48 bits per heavy atom. The smallest absolute Gasteiger partial charge is 0.408 e. The lowest BCUT2D eigenvalue weighted by atomic mass is 9.99. The van der Waals surface area contributed by atoms with Gasteiger partial charge in [-0.3, -0.25) is 9.59 Å². The van der Waals surface area contributed by atoms with Gasteiger partial charge in [0.25, 0.3) is 0 Å². The third-order valence-corrected chi connectivity index (χ3v) is 8.40. The Hall–Kier alpha value is -5.84. The summed E-state index contributed by atoms with van der Waals surface area (Å²) in [5, 5.41) is 11.0. The van der Waals surface area contributed by atoms with Crippen LogP contribution in [0.1, 0.15) is 58.6 Å². The minimum atomic E-state index is -0.903. The number of para-hydroxylation sites is 4. The number of urea groups is 1. The number of aryl methyl sites for hydroxylation is 1. The number of benzene rings is 4. The fourth-order valence-corrected chi connectivity index (χ4v) is 6.01. The van der Waals surface area contributed by atoms with Crippen molar-refractivity contribution in [1.82, 2.24) is 16.0 Å². The first kappa shape index (κ1) is 37.4. The average Bonchev–Trinajstić information content (AvgIpc) is 3.20. The monoisotopic (exact) mass is 705 g/mol. The number of carbonyl (C=O) groups excluding carboxylic acids is 4. The van der Waals surface area contributed by atoms with Crippen molar-refractivity contribution in [3.8, 4) is 22.6 Å². The summed E-state index contributed by atoms with van der Waals surface area (Å²) < 4.78 is 11.7. The number of nitrogens with zero attached hydrogens (tertiary/aromatic N) is 1. The second kappa shape index (κ2) is 16.0. The molecule has 0 spiro atoms. The first-order chi connectivity index (χ1) is 24.7. The van der Waals surface area contributed by atoms with Gasteiger partial charge in [0.05, 0.1) is 12.2 Å². The molecule has 11 nitrogen and oxygen atoms in total. The van der Waals surface area contributed by atoms with Gasteiger partial charge in [-0.2, -0.15) is 0 Å². The van der Waals surface area contributed by atoms with Crippen LogP contribution in [0.15, 0.2) is 97.1 Å². The van der Waals surface area contributed by atoms with Crippen LogP contribution >= 0.6 is 0 Å². The van der Waals surface area contributed by atoms with Gasteiger partial charge in [-0.15, -0.1) is 0 Å². The summed E-state index contributed by atoms with van der Waals surface area (Å²) in [5.41, 5.74) is 3.45. The van der Waals surface area contributed by atoms with Gasteiger partial charge in [0.2, 0.25) is 11.8 Å². The van der Waals surface area contributed by atoms with E-state index in [0.29, 0.717) is 36.6 Å². The number of anilines is 2. The standard InChI is InChI=1S/C41H47N5O6/c1-40(2,3)52-39(50)45-41(4,5)25-36(47)43-32-24-23-29-13-7-10-16-33(29)46(37(32)48)26-27-19-21-28(22-20-27)30-14-8-11-17-34(30)51-35-18-12-9-15-31(35)44-38(49)42-6/h7-22,32H,23-26H2,1-6H3,(H,43,47)(H,45,50)(H2,42,44,49)/t32-/m1/s1. The van der Waals surface area contributed by atoms with Crippen molar-refractivity contribution in [3.63, 3.8) is 0 Å². The number of rotatable bonds is 10. The first-order valence-electron chi connectivity index (χ1n) is 17.3. The maximum atomic E-state index is 14.1. The highest BCUT2D eigenvalue weighted by atomic mass is 16.6. The molecule has 5 amide bonds. The molecule has 0 saturated carbocycles. The molecule has 1 heterocycles. The number of alkyl carbamates (subject to hydrolysis) is 1. The number of hydrogen-bond acceptors (Lipinski definition) is 6. The number of ether oxygens (including phenoxy) is 2. The molecular formula is C41H47N5O6. The molecule has 1 aliphatic heterocycles. The fraction of sp³-hybridized carbons (Fsp3) is 0.317. The maximum Gasteiger partial charge on any atom is 0.408 e. The SMILES string of the molecule is CNC(=O)Nc1ccccc1Oc1ccccc1-c1ccc(CN2C(=O)[C@H](NC(=O)CC(C)(C)NC(=O)OC(C)(C)C)CCc3ccccc32)cc1. The van der Waals surface area contributed by atoms with Crippen molar-refractivity contribution in [3.05, 3.63) is 108 Å². The van der Waals surface area contributed by atoms with E-state index in [-0.39, 0.29) is 24.3 Å². The van der Waals surface area contributed by atoms with E-state index in [1.54, 1.807) is 58.7 Å². The molecule has 0 unspecified atom stereocenters. The third kappa shape index (κ3) is 9.90. The van der Waals surface area contributed by atoms with Crippen molar-refractivity contribution in [2.24, 2.45) is 0 Å². The Morgan fingerprint density at radius 1 is 0.827 bits per heavy atom. The molecule has 0 saturated heterocycles. The molecule has 5 rings (SSSR count). The van der Waals surface area contributed by atoms with Gasteiger partial charge in [-0.05, 0) is 88.4 Å². The number of nitrogens with one attached hydrogen (secondary N) is 4. The molecule has 1 aliphatic rings. The van der Waals surface area contributed by atoms with Gasteiger partial charge in [-0.25, -0.2) is 9.59 Å². The highest BCUT2D eigenvalue weighted by Gasteiger charge is 2.33. The minimum absolute atomic E-state index is 0.0359. The van der Waals surface area contributed by atoms with E-state index >= 15 is 0 Å². The van der Waals surface area contributed by atoms with E-state index in [9.17, 15) is 19.2 Å². The van der Waals surface area contributed by atoms with E-state index in [1.165, 1.54) is 0 Å². The molecule has 272 valence electrons. The van der Waals surface area contributed by atoms with Crippen molar-refractivity contribution >= 4 is 35.3 Å². The molecule has 11 heteroatoms. The summed E-state index contributed by atoms with van der Waals surface area (Å²) in [5.74, 6) is 0.560. The Kier molecular flexibility index (Phi) is 11.5. The van der Waals surface area contributed by atoms with Gasteiger partial charge >= 0.3 is 12.1 Å². The van der Waals surface area contributed by atoms with Crippen LogP contribution in [0.3, 0.4) is 0 Å². The molecule has 52 heavy (non-hydrogen) atoms. The summed E-state index contributed by atoms with van der Waals surface area (Å²) in [6, 6.07) is 29.5. The summed E-state index contributed by atoms with van der Waals surface area (Å²) >= 11 is 0. The molecule has 0 fully saturated rings. The fourth-order valence-electron chi connectivity index (χ4n) is 6.01. The molecule has 1 atom stereocenters. The lowest BCUT2D eigenvalue weighted by molar-refractivity contribution is -0.128. The van der Waals surface area contributed by atoms with Gasteiger partial charge in [0, 0.05) is 30.3 Å². The van der Waals surface area contributed by atoms with Crippen LogP contribution in [0, 0.1) is 0 Å². The Bertz CT molecular complexity index is 1920. The topological polar surface area (TPSA) is 138 Å². The van der Waals surface area contributed by atoms with E-state index in [2.05, 4.69) is 21.3 Å². The number of carbonyl (C=O) groups is 4. The predicted octanol–water partition coefficient (Wildman–Crippen LogP) is 7.55. The second-order valence-corrected chi connectivity index (χ2v) is 14.4. The van der Waals surface area contributed by atoms with Crippen LogP contribution in [0.25, 0.3) is 11.1 Å². The zero-order valence-corrected chi connectivity index (χ0v) is 30.5. The highest BCUT2D eigenvalue weighted by Crippen LogP contribution is 2.37. The quantitative estimate of drug-likeness (QED) is 0.134. The van der Waals surface area contributed by atoms with Crippen LogP contribution in [-0.2, 0) is 27.3 Å². The third-order valence-electron chi connectivity index (χ3n) is 8.40. The molecule has 0 aliphatic carbocycles. The summed E-state index contributed by atoms with van der Waals surface area (Å²) in [4.78, 5) is 53.5. The van der Waals surface area contributed by atoms with Crippen LogP contribution in [-0.4, -0.2) is 48.2 Å². The first-order valence-corrected chi connectivity index (χ1v) is 17.3. The van der Waals surface area contributed by atoms with Crippen molar-refractivity contribution in [2.45, 2.75) is 77.6 Å². The molecule has 4 aromatic carbocycles. The Labute approximate surface area is 305 Å². The molecule has 0 aromatic heterocycles. The average molecular weight is 706 g/mol. The van der Waals surface area contributed by atoms with Crippen LogP contribution in [0.2, 0.25) is 0 Å². The van der Waals surface area contributed by atoms with Crippen LogP contribution in [0.4, 0.5) is 21.0 Å². The lowest BCUT2D eigenvalue weighted by Crippen LogP contribution is -2.52. The van der Waals surface area contributed by atoms with Crippen LogP contribution < -0.4 is 30.9 Å². The number of amides is 5. The molecule has 4 N–H and O–H groups in total. The molecule has 0 radical (unpaired) electrons. The van der Waals surface area contributed by atoms with Gasteiger partial charge in [0.1, 0.15) is 17.4 Å². The Balaban J connectivity index is 1.32. The van der Waals surface area contributed by atoms with E-state index in [4.69, 9.17) is 9.47 Å². The number of fused-ring (bicyclic) bond motifs is 1. The zero-order chi connectivity index (χ0) is 37.5. The summed E-state index contributed by atoms with van der Waals surface area (Å²) in [7, 11) is 1.55. The molecular weight excluding hydrogens is 658 g/mol. The summed E-state index contributed by atoms with van der Waals surface area (Å²) in [6.45, 7) is 9.10. The van der Waals surface area contributed by atoms with Gasteiger partial charge in [-0.1, -0.05) is 72.8 Å². The molecule has 4 aromatic rings. The number of hydrogen-bond donors (Lipinski definition) is 4. The highest BCUT2D eigenvalue weighted by molar-refractivity contribution is 6.00. The van der Waals surface area contributed by atoms with Gasteiger partial charge in [0.15, 0.2) is 5.75 Å². The van der Waals surface area contributed by atoms with E-state index in [0.717, 1.165) is 27.9 Å². The van der Waals surface area contributed by atoms with Crippen molar-refractivity contribution < 1.29 is 28.7 Å². The largest absolute Gasteiger partial charge is 0.455 e. The second-order valence-electron chi connectivity index (χ2n) is 14.4. The van der Waals surface area contributed by atoms with Crippen molar-refractivity contribution in [1.29, 1.82) is 0 Å². The Morgan fingerprint density at radius 3 is 2.19 bits per heavy atom. The van der Waals surface area contributed by atoms with Gasteiger partial charge < -0.3 is 35.6 Å². The van der Waals surface area contributed by atoms with Crippen molar-refractivity contribution in [2.75, 3.05) is 17.3 Å². The molecule has 0 bridgehead atoms. The minimum Gasteiger partial charge on any atom is -0.455 e. The maximum absolute atomic E-state index is 14.1. The van der Waals surface area contributed by atoms with E-state index < -0.39 is 23.3 Å². The zero-order valence-electron chi connectivity index (χ0n) is 30.5. The van der Waals surface area contributed by atoms with Crippen LogP contribution in [0.5, 0.6) is 11.5 Å².